The van der Waals surface area contributed by atoms with E-state index in [-0.39, 0.29) is 5.91 Å². The Labute approximate surface area is 128 Å². The minimum atomic E-state index is 0.119. The zero-order chi connectivity index (χ0) is 15.3. The lowest BCUT2D eigenvalue weighted by atomic mass is 10.1. The highest BCUT2D eigenvalue weighted by atomic mass is 16.1. The maximum Gasteiger partial charge on any atom is 0.220 e. The molecule has 3 N–H and O–H groups in total. The van der Waals surface area contributed by atoms with Crippen LogP contribution in [0.2, 0.25) is 0 Å². The Morgan fingerprint density at radius 1 is 1.19 bits per heavy atom. The zero-order valence-electron chi connectivity index (χ0n) is 13.0. The number of hydrogen-bond donors (Lipinski definition) is 2. The molecular weight excluding hydrogens is 260 g/mol. The van der Waals surface area contributed by atoms with Crippen LogP contribution in [0.1, 0.15) is 56.6 Å². The van der Waals surface area contributed by atoms with Crippen LogP contribution in [0.5, 0.6) is 0 Å². The highest BCUT2D eigenvalue weighted by Gasteiger charge is 2.03. The Bertz CT molecular complexity index is 485. The number of benzene rings is 1. The summed E-state index contributed by atoms with van der Waals surface area (Å²) in [5.74, 6) is 6.01. The third-order valence-corrected chi connectivity index (χ3v) is 3.33. The van der Waals surface area contributed by atoms with Gasteiger partial charge >= 0.3 is 0 Å². The van der Waals surface area contributed by atoms with E-state index in [1.165, 1.54) is 19.3 Å². The highest BCUT2D eigenvalue weighted by molar-refractivity contribution is 5.75. The van der Waals surface area contributed by atoms with Gasteiger partial charge in [0.15, 0.2) is 0 Å². The van der Waals surface area contributed by atoms with E-state index in [2.05, 4.69) is 24.1 Å². The van der Waals surface area contributed by atoms with Crippen molar-refractivity contribution in [2.24, 2.45) is 5.73 Å². The molecule has 0 saturated carbocycles. The SMILES string of the molecule is CCCCCCCC(=O)NCc1ccccc1C#CCN. The first kappa shape index (κ1) is 17.3. The normalized spacial score (nSPS) is 9.81. The van der Waals surface area contributed by atoms with Crippen molar-refractivity contribution in [3.05, 3.63) is 35.4 Å². The van der Waals surface area contributed by atoms with Crippen LogP contribution < -0.4 is 11.1 Å². The van der Waals surface area contributed by atoms with Crippen molar-refractivity contribution in [3.63, 3.8) is 0 Å². The maximum absolute atomic E-state index is 11.8. The fourth-order valence-corrected chi connectivity index (χ4v) is 2.11. The number of carbonyl (C=O) groups is 1. The fraction of sp³-hybridized carbons (Fsp3) is 0.500. The monoisotopic (exact) mass is 286 g/mol. The van der Waals surface area contributed by atoms with E-state index in [0.717, 1.165) is 24.0 Å². The molecule has 3 heteroatoms. The van der Waals surface area contributed by atoms with Gasteiger partial charge in [0.1, 0.15) is 0 Å². The van der Waals surface area contributed by atoms with Crippen molar-refractivity contribution in [2.45, 2.75) is 52.0 Å². The molecule has 1 aromatic rings. The first-order valence-electron chi connectivity index (χ1n) is 7.81. The standard InChI is InChI=1S/C18H26N2O/c1-2-3-4-5-6-13-18(21)20-15-17-11-8-7-10-16(17)12-9-14-19/h7-8,10-11H,2-6,13-15,19H2,1H3,(H,20,21). The van der Waals surface area contributed by atoms with E-state index in [9.17, 15) is 4.79 Å². The number of nitrogens with two attached hydrogens (primary N) is 1. The largest absolute Gasteiger partial charge is 0.352 e. The molecule has 0 aliphatic carbocycles. The topological polar surface area (TPSA) is 55.1 Å². The summed E-state index contributed by atoms with van der Waals surface area (Å²) in [5, 5.41) is 2.97. The lowest BCUT2D eigenvalue weighted by Crippen LogP contribution is -2.22. The average Bonchev–Trinajstić information content (AvgIpc) is 2.51. The second-order valence-electron chi connectivity index (χ2n) is 5.10. The molecule has 0 fully saturated rings. The average molecular weight is 286 g/mol. The Kier molecular flexibility index (Phi) is 8.99. The maximum atomic E-state index is 11.8. The van der Waals surface area contributed by atoms with E-state index < -0.39 is 0 Å². The highest BCUT2D eigenvalue weighted by Crippen LogP contribution is 2.08. The summed E-state index contributed by atoms with van der Waals surface area (Å²) < 4.78 is 0. The van der Waals surface area contributed by atoms with Crippen LogP contribution in [0, 0.1) is 11.8 Å². The number of rotatable bonds is 8. The Balaban J connectivity index is 2.36. The summed E-state index contributed by atoms with van der Waals surface area (Å²) in [6, 6.07) is 7.84. The molecular formula is C18H26N2O. The smallest absolute Gasteiger partial charge is 0.220 e. The minimum absolute atomic E-state index is 0.119. The second kappa shape index (κ2) is 10.9. The molecule has 0 aliphatic rings. The molecule has 0 unspecified atom stereocenters. The van der Waals surface area contributed by atoms with Gasteiger partial charge in [-0.1, -0.05) is 62.6 Å². The van der Waals surface area contributed by atoms with Gasteiger partial charge in [-0.05, 0) is 18.1 Å². The lowest BCUT2D eigenvalue weighted by molar-refractivity contribution is -0.121. The van der Waals surface area contributed by atoms with Crippen LogP contribution in [0.3, 0.4) is 0 Å². The third kappa shape index (κ3) is 7.53. The van der Waals surface area contributed by atoms with Crippen molar-refractivity contribution >= 4 is 5.91 Å². The zero-order valence-corrected chi connectivity index (χ0v) is 13.0. The molecule has 0 atom stereocenters. The van der Waals surface area contributed by atoms with Gasteiger partial charge in [0.25, 0.3) is 0 Å². The van der Waals surface area contributed by atoms with Gasteiger partial charge in [0.05, 0.1) is 6.54 Å². The first-order valence-corrected chi connectivity index (χ1v) is 7.81. The summed E-state index contributed by atoms with van der Waals surface area (Å²) >= 11 is 0. The first-order chi connectivity index (χ1) is 10.3. The van der Waals surface area contributed by atoms with Gasteiger partial charge in [0.2, 0.25) is 5.91 Å². The van der Waals surface area contributed by atoms with E-state index >= 15 is 0 Å². The summed E-state index contributed by atoms with van der Waals surface area (Å²) in [6.07, 6.45) is 6.43. The number of unbranched alkanes of at least 4 members (excludes halogenated alkanes) is 4. The van der Waals surface area contributed by atoms with E-state index in [1.807, 2.05) is 24.3 Å². The summed E-state index contributed by atoms with van der Waals surface area (Å²) in [6.45, 7) is 3.07. The molecule has 0 heterocycles. The predicted molar refractivity (Wildman–Crippen MR) is 87.6 cm³/mol. The number of hydrogen-bond acceptors (Lipinski definition) is 2. The van der Waals surface area contributed by atoms with Crippen molar-refractivity contribution < 1.29 is 4.79 Å². The Morgan fingerprint density at radius 2 is 1.95 bits per heavy atom. The van der Waals surface area contributed by atoms with Gasteiger partial charge in [-0.3, -0.25) is 4.79 Å². The van der Waals surface area contributed by atoms with Gasteiger partial charge in [-0.15, -0.1) is 0 Å². The van der Waals surface area contributed by atoms with Crippen LogP contribution >= 0.6 is 0 Å². The second-order valence-corrected chi connectivity index (χ2v) is 5.10. The lowest BCUT2D eigenvalue weighted by Gasteiger charge is -2.07. The van der Waals surface area contributed by atoms with Crippen LogP contribution in [-0.4, -0.2) is 12.5 Å². The molecule has 1 rings (SSSR count). The molecule has 3 nitrogen and oxygen atoms in total. The number of nitrogens with one attached hydrogen (secondary N) is 1. The Morgan fingerprint density at radius 3 is 2.71 bits per heavy atom. The number of carbonyl (C=O) groups excluding carboxylic acids is 1. The molecule has 21 heavy (non-hydrogen) atoms. The van der Waals surface area contributed by atoms with Crippen molar-refractivity contribution in [3.8, 4) is 11.8 Å². The van der Waals surface area contributed by atoms with Crippen LogP contribution in [-0.2, 0) is 11.3 Å². The minimum Gasteiger partial charge on any atom is -0.352 e. The predicted octanol–water partition coefficient (Wildman–Crippen LogP) is 2.97. The van der Waals surface area contributed by atoms with Crippen LogP contribution in [0.4, 0.5) is 0 Å². The molecule has 1 amide bonds. The molecule has 0 bridgehead atoms. The van der Waals surface area contributed by atoms with E-state index in [4.69, 9.17) is 5.73 Å². The van der Waals surface area contributed by atoms with Gasteiger partial charge in [-0.2, -0.15) is 0 Å². The molecule has 0 aromatic heterocycles. The molecule has 0 spiro atoms. The third-order valence-electron chi connectivity index (χ3n) is 3.33. The van der Waals surface area contributed by atoms with Gasteiger partial charge in [0, 0.05) is 18.5 Å². The molecule has 0 radical (unpaired) electrons. The van der Waals surface area contributed by atoms with Crippen molar-refractivity contribution in [1.82, 2.24) is 5.32 Å². The van der Waals surface area contributed by atoms with Crippen molar-refractivity contribution in [2.75, 3.05) is 6.54 Å². The van der Waals surface area contributed by atoms with E-state index in [0.29, 0.717) is 19.5 Å². The fourth-order valence-electron chi connectivity index (χ4n) is 2.11. The summed E-state index contributed by atoms with van der Waals surface area (Å²) in [4.78, 5) is 11.8. The van der Waals surface area contributed by atoms with Crippen LogP contribution in [0.15, 0.2) is 24.3 Å². The Hall–Kier alpha value is -1.79. The summed E-state index contributed by atoms with van der Waals surface area (Å²) in [5.41, 5.74) is 7.37. The molecule has 0 aliphatic heterocycles. The molecule has 0 saturated heterocycles. The van der Waals surface area contributed by atoms with E-state index in [1.54, 1.807) is 0 Å². The number of amides is 1. The summed E-state index contributed by atoms with van der Waals surface area (Å²) in [7, 11) is 0. The van der Waals surface area contributed by atoms with Crippen LogP contribution in [0.25, 0.3) is 0 Å². The molecule has 1 aromatic carbocycles. The molecule has 114 valence electrons. The van der Waals surface area contributed by atoms with Gasteiger partial charge < -0.3 is 11.1 Å². The quantitative estimate of drug-likeness (QED) is 0.570. The van der Waals surface area contributed by atoms with Crippen molar-refractivity contribution in [1.29, 1.82) is 0 Å². The van der Waals surface area contributed by atoms with Gasteiger partial charge in [-0.25, -0.2) is 0 Å².